The van der Waals surface area contributed by atoms with Gasteiger partial charge in [-0.05, 0) is 44.9 Å². The van der Waals surface area contributed by atoms with E-state index in [1.54, 1.807) is 0 Å². The molecule has 0 aromatic carbocycles. The summed E-state index contributed by atoms with van der Waals surface area (Å²) in [6.07, 6.45) is 12.4. The van der Waals surface area contributed by atoms with E-state index in [1.807, 2.05) is 6.92 Å². The van der Waals surface area contributed by atoms with Crippen molar-refractivity contribution in [3.63, 3.8) is 0 Å². The summed E-state index contributed by atoms with van der Waals surface area (Å²) in [4.78, 5) is 18.7. The topological polar surface area (TPSA) is 329 Å². The lowest BCUT2D eigenvalue weighted by Crippen LogP contribution is -2.40. The minimum atomic E-state index is -1.12. The van der Waals surface area contributed by atoms with Gasteiger partial charge in [-0.1, -0.05) is 105 Å². The molecule has 76 heavy (non-hydrogen) atoms. The van der Waals surface area contributed by atoms with Crippen LogP contribution in [0.3, 0.4) is 0 Å². The maximum absolute atomic E-state index is 9.84. The highest BCUT2D eigenvalue weighted by Crippen LogP contribution is 2.29. The Labute approximate surface area is 451 Å². The first-order valence-corrected chi connectivity index (χ1v) is 28.5. The van der Waals surface area contributed by atoms with Gasteiger partial charge < -0.3 is 108 Å². The third-order valence-corrected chi connectivity index (χ3v) is 13.7. The molecule has 0 saturated carbocycles. The number of hydrogen-bond donors (Lipinski definition) is 10. The highest BCUT2D eigenvalue weighted by atomic mass is 16.7. The van der Waals surface area contributed by atoms with Gasteiger partial charge in [0, 0.05) is 12.8 Å². The van der Waals surface area contributed by atoms with Gasteiger partial charge in [-0.3, -0.25) is 0 Å². The van der Waals surface area contributed by atoms with Crippen LogP contribution < -0.4 is 0 Å². The standard InChI is InChI=1S/C18H34O5.2C11H20O5.C6H12O5.C5H10O.C3H6O/c1-2-3-4-5-6-7-8-9-10-11-16-21-13-15(23-16)18-17(20)14(19)12-22-18;2*1-2-3-4-9-14-6-8(16-9)11-10(13)7(12)5-15-11;7-1-3(8)6-5(10)4(9)2-11-6;1-2-3-4-5-6;1-2-3-4/h14-20H,2-13H2,1H3;2*7-13H,2-6H2,1H3;3-10H,1-2H2;5H,2-4H2,1H3;3H,2H2,1H3/t14-,15?,16?,17?,18-;2*7-,8?,9?,10?,11-;3?,4-,5?,6-;;/m1111../s1. The molecule has 0 radical (unpaired) electrons. The summed E-state index contributed by atoms with van der Waals surface area (Å²) in [6, 6.07) is 0. The van der Waals surface area contributed by atoms with E-state index in [4.69, 9.17) is 67.8 Å². The van der Waals surface area contributed by atoms with Crippen molar-refractivity contribution in [1.82, 2.24) is 0 Å². The third kappa shape index (κ3) is 26.4. The fourth-order valence-corrected chi connectivity index (χ4v) is 8.98. The fourth-order valence-electron chi connectivity index (χ4n) is 8.98. The zero-order chi connectivity index (χ0) is 56.3. The number of ether oxygens (including phenoxy) is 10. The molecule has 19 atom stereocenters. The fraction of sp³-hybridized carbons (Fsp3) is 0.963. The average Bonchev–Trinajstić information content (AvgIpc) is 4.34. The first-order chi connectivity index (χ1) is 36.7. The predicted octanol–water partition coefficient (Wildman–Crippen LogP) is 2.28. The molecule has 7 heterocycles. The van der Waals surface area contributed by atoms with Crippen LogP contribution in [0.15, 0.2) is 0 Å². The van der Waals surface area contributed by atoms with Crippen LogP contribution in [-0.2, 0) is 57.0 Å². The minimum absolute atomic E-state index is 0.00287. The number of carbonyl (C=O) groups excluding carboxylic acids is 2. The van der Waals surface area contributed by atoms with Gasteiger partial charge in [-0.25, -0.2) is 0 Å². The third-order valence-electron chi connectivity index (χ3n) is 13.7. The molecule has 0 bridgehead atoms. The van der Waals surface area contributed by atoms with Gasteiger partial charge in [-0.2, -0.15) is 0 Å². The van der Waals surface area contributed by atoms with Crippen molar-refractivity contribution in [2.24, 2.45) is 0 Å². The second-order valence-electron chi connectivity index (χ2n) is 20.3. The Morgan fingerprint density at radius 3 is 1.01 bits per heavy atom. The first kappa shape index (κ1) is 70.6. The molecule has 7 saturated heterocycles. The molecule has 0 amide bonds. The molecule has 7 fully saturated rings. The van der Waals surface area contributed by atoms with Gasteiger partial charge >= 0.3 is 0 Å². The summed E-state index contributed by atoms with van der Waals surface area (Å²) < 4.78 is 54.5. The van der Waals surface area contributed by atoms with E-state index in [9.17, 15) is 40.2 Å². The summed E-state index contributed by atoms with van der Waals surface area (Å²) in [5, 5.41) is 93.0. The molecule has 7 rings (SSSR count). The highest BCUT2D eigenvalue weighted by Gasteiger charge is 2.46. The smallest absolute Gasteiger partial charge is 0.158 e. The maximum Gasteiger partial charge on any atom is 0.158 e. The number of aldehydes is 2. The molecule has 0 aromatic rings. The van der Waals surface area contributed by atoms with Crippen molar-refractivity contribution < 1.29 is 108 Å². The second kappa shape index (κ2) is 42.4. The maximum atomic E-state index is 9.84. The van der Waals surface area contributed by atoms with Crippen molar-refractivity contribution in [2.75, 3.05) is 52.9 Å². The van der Waals surface area contributed by atoms with E-state index in [1.165, 1.54) is 51.4 Å². The molecule has 22 nitrogen and oxygen atoms in total. The molecule has 0 aromatic heterocycles. The molecule has 11 unspecified atom stereocenters. The molecule has 0 spiro atoms. The molecular formula is C54H102O22. The van der Waals surface area contributed by atoms with Crippen molar-refractivity contribution >= 4 is 12.6 Å². The van der Waals surface area contributed by atoms with Gasteiger partial charge in [0.1, 0.15) is 110 Å². The van der Waals surface area contributed by atoms with Crippen LogP contribution >= 0.6 is 0 Å². The summed E-state index contributed by atoms with van der Waals surface area (Å²) >= 11 is 0. The van der Waals surface area contributed by atoms with Gasteiger partial charge in [0.25, 0.3) is 0 Å². The number of rotatable bonds is 25. The monoisotopic (exact) mass is 1100 g/mol. The lowest BCUT2D eigenvalue weighted by molar-refractivity contribution is -0.108. The Kier molecular flexibility index (Phi) is 39.4. The van der Waals surface area contributed by atoms with Gasteiger partial charge in [0.05, 0.1) is 52.9 Å². The molecule has 7 aliphatic rings. The van der Waals surface area contributed by atoms with Crippen molar-refractivity contribution in [1.29, 1.82) is 0 Å². The van der Waals surface area contributed by atoms with Gasteiger partial charge in [0.2, 0.25) is 0 Å². The van der Waals surface area contributed by atoms with Crippen LogP contribution in [0, 0.1) is 0 Å². The number of hydrogen-bond acceptors (Lipinski definition) is 22. The van der Waals surface area contributed by atoms with Crippen molar-refractivity contribution in [2.45, 2.75) is 280 Å². The quantitative estimate of drug-likeness (QED) is 0.0463. The largest absolute Gasteiger partial charge is 0.394 e. The zero-order valence-corrected chi connectivity index (χ0v) is 46.3. The lowest BCUT2D eigenvalue weighted by atomic mass is 10.1. The minimum Gasteiger partial charge on any atom is -0.394 e. The van der Waals surface area contributed by atoms with E-state index in [2.05, 4.69) is 27.7 Å². The Bertz CT molecular complexity index is 1360. The highest BCUT2D eigenvalue weighted by molar-refractivity contribution is 5.49. The molecule has 10 N–H and O–H groups in total. The van der Waals surface area contributed by atoms with Crippen LogP contribution in [-0.4, -0.2) is 233 Å². The van der Waals surface area contributed by atoms with E-state index in [0.29, 0.717) is 26.2 Å². The van der Waals surface area contributed by atoms with Crippen LogP contribution in [0.2, 0.25) is 0 Å². The summed E-state index contributed by atoms with van der Waals surface area (Å²) in [5.74, 6) is 0. The molecule has 7 aliphatic heterocycles. The number of aliphatic hydroxyl groups is 10. The molecule has 22 heteroatoms. The number of carbonyl (C=O) groups is 2. The molecular weight excluding hydrogens is 1000 g/mol. The van der Waals surface area contributed by atoms with Gasteiger partial charge in [0.15, 0.2) is 18.9 Å². The van der Waals surface area contributed by atoms with Crippen LogP contribution in [0.25, 0.3) is 0 Å². The van der Waals surface area contributed by atoms with E-state index in [0.717, 1.165) is 83.2 Å². The Hall–Kier alpha value is -1.46. The van der Waals surface area contributed by atoms with Crippen LogP contribution in [0.5, 0.6) is 0 Å². The predicted molar refractivity (Wildman–Crippen MR) is 277 cm³/mol. The summed E-state index contributed by atoms with van der Waals surface area (Å²) in [7, 11) is 0. The molecule has 0 aliphatic carbocycles. The Balaban J connectivity index is 0.000000334. The summed E-state index contributed by atoms with van der Waals surface area (Å²) in [5.41, 5.74) is 0. The van der Waals surface area contributed by atoms with Crippen LogP contribution in [0.1, 0.15) is 163 Å². The van der Waals surface area contributed by atoms with Crippen molar-refractivity contribution in [3.8, 4) is 0 Å². The number of aliphatic hydroxyl groups excluding tert-OH is 10. The van der Waals surface area contributed by atoms with Gasteiger partial charge in [-0.15, -0.1) is 0 Å². The zero-order valence-electron chi connectivity index (χ0n) is 46.3. The number of unbranched alkanes of at least 4 members (excludes halogenated alkanes) is 12. The van der Waals surface area contributed by atoms with E-state index < -0.39 is 86.0 Å². The van der Waals surface area contributed by atoms with Crippen LogP contribution in [0.4, 0.5) is 0 Å². The van der Waals surface area contributed by atoms with E-state index in [-0.39, 0.29) is 63.6 Å². The second-order valence-corrected chi connectivity index (χ2v) is 20.3. The normalized spacial score (nSPS) is 35.8. The lowest BCUT2D eigenvalue weighted by Gasteiger charge is -2.20. The van der Waals surface area contributed by atoms with E-state index >= 15 is 0 Å². The SMILES string of the molecule is CCC=O.CCCCC1OCC([C@H]2OC[C@@H](O)C2O)O1.CCCCC1OCC([C@H]2OC[C@@H](O)C2O)O1.CCCCC=O.CCCCCCCCCCCC1OCC([C@H]2OC[C@@H](O)C2O)O1.OCC(O)[C@H]1OC[C@@H](O)C1O. The average molecular weight is 1100 g/mol. The summed E-state index contributed by atoms with van der Waals surface area (Å²) in [6.45, 7) is 11.7. The van der Waals surface area contributed by atoms with Crippen molar-refractivity contribution in [3.05, 3.63) is 0 Å². The Morgan fingerprint density at radius 2 is 0.737 bits per heavy atom. The Morgan fingerprint density at radius 1 is 0.408 bits per heavy atom. The molecule has 450 valence electrons. The first-order valence-electron chi connectivity index (χ1n) is 28.5.